The molecule has 1 aliphatic heterocycles. The molecule has 8 heteroatoms. The van der Waals surface area contributed by atoms with Crippen LogP contribution >= 0.6 is 0 Å². The van der Waals surface area contributed by atoms with Gasteiger partial charge in [-0.1, -0.05) is 18.7 Å². The van der Waals surface area contributed by atoms with E-state index in [2.05, 4.69) is 32.9 Å². The number of carbonyl (C=O) groups is 2. The zero-order valence-corrected chi connectivity index (χ0v) is 20.4. The Hall–Kier alpha value is -3.94. The Balaban J connectivity index is 1.60. The number of hydrogen-bond donors (Lipinski definition) is 3. The molecular formula is C28H32N6O2. The van der Waals surface area contributed by atoms with Crippen molar-refractivity contribution in [2.45, 2.75) is 45.9 Å². The van der Waals surface area contributed by atoms with E-state index >= 15 is 0 Å². The van der Waals surface area contributed by atoms with E-state index in [-0.39, 0.29) is 29.1 Å². The third-order valence-electron chi connectivity index (χ3n) is 7.05. The number of allylic oxidation sites excluding steroid dienone is 2. The first-order valence-electron chi connectivity index (χ1n) is 13.8. The molecule has 1 atom stereocenters. The third kappa shape index (κ3) is 4.39. The highest BCUT2D eigenvalue weighted by Gasteiger charge is 2.30. The van der Waals surface area contributed by atoms with Crippen LogP contribution in [0, 0.1) is 12.8 Å². The van der Waals surface area contributed by atoms with E-state index in [9.17, 15) is 9.59 Å². The van der Waals surface area contributed by atoms with Crippen molar-refractivity contribution >= 4 is 39.9 Å². The average molecular weight is 488 g/mol. The van der Waals surface area contributed by atoms with E-state index in [1.165, 1.54) is 12.4 Å². The predicted molar refractivity (Wildman–Crippen MR) is 143 cm³/mol. The fourth-order valence-corrected chi connectivity index (χ4v) is 5.13. The number of likely N-dealkylation sites (tertiary alicyclic amines) is 1. The van der Waals surface area contributed by atoms with Crippen molar-refractivity contribution in [3.8, 4) is 11.3 Å². The highest BCUT2D eigenvalue weighted by molar-refractivity contribution is 6.05. The highest BCUT2D eigenvalue weighted by Crippen LogP contribution is 2.42. The fourth-order valence-electron chi connectivity index (χ4n) is 5.13. The SMILES string of the molecule is [2H]C([2H])([2H])c1cc(NC(=O)C(=C)C)ccc1-c1[nH]c2ncnc(N)c2c1C1=CC[C@H](C(=O)N2CCCC2)CC1. The van der Waals surface area contributed by atoms with Crippen molar-refractivity contribution in [2.24, 2.45) is 5.92 Å². The van der Waals surface area contributed by atoms with Gasteiger partial charge in [-0.2, -0.15) is 0 Å². The lowest BCUT2D eigenvalue weighted by atomic mass is 9.84. The Kier molecular flexibility index (Phi) is 5.41. The van der Waals surface area contributed by atoms with Gasteiger partial charge in [0.15, 0.2) is 0 Å². The van der Waals surface area contributed by atoms with Gasteiger partial charge in [-0.3, -0.25) is 9.59 Å². The maximum atomic E-state index is 13.0. The van der Waals surface area contributed by atoms with Crippen molar-refractivity contribution in [3.63, 3.8) is 0 Å². The second-order valence-electron chi connectivity index (χ2n) is 9.59. The lowest BCUT2D eigenvalue weighted by Gasteiger charge is -2.26. The molecule has 1 aromatic carbocycles. The molecule has 36 heavy (non-hydrogen) atoms. The molecule has 0 radical (unpaired) electrons. The molecule has 4 N–H and O–H groups in total. The highest BCUT2D eigenvalue weighted by atomic mass is 16.2. The lowest BCUT2D eigenvalue weighted by Crippen LogP contribution is -2.34. The number of nitrogen functional groups attached to an aromatic ring is 1. The molecule has 1 aliphatic carbocycles. The zero-order valence-electron chi connectivity index (χ0n) is 23.4. The molecule has 8 nitrogen and oxygen atoms in total. The number of nitrogens with two attached hydrogens (primary N) is 1. The zero-order chi connectivity index (χ0) is 27.9. The van der Waals surface area contributed by atoms with Crippen LogP contribution in [-0.2, 0) is 9.59 Å². The van der Waals surface area contributed by atoms with Gasteiger partial charge < -0.3 is 20.9 Å². The summed E-state index contributed by atoms with van der Waals surface area (Å²) in [5, 5.41) is 3.32. The van der Waals surface area contributed by atoms with E-state index in [0.29, 0.717) is 52.8 Å². The van der Waals surface area contributed by atoms with Crippen LogP contribution in [0.25, 0.3) is 27.9 Å². The summed E-state index contributed by atoms with van der Waals surface area (Å²) in [6.07, 6.45) is 7.47. The van der Waals surface area contributed by atoms with E-state index in [0.717, 1.165) is 37.1 Å². The van der Waals surface area contributed by atoms with Crippen molar-refractivity contribution in [3.05, 3.63) is 53.9 Å². The Labute approximate surface area is 214 Å². The van der Waals surface area contributed by atoms with Gasteiger partial charge in [0.2, 0.25) is 5.91 Å². The summed E-state index contributed by atoms with van der Waals surface area (Å²) in [5.41, 5.74) is 10.3. The fraction of sp³-hybridized carbons (Fsp3) is 0.357. The van der Waals surface area contributed by atoms with Crippen LogP contribution < -0.4 is 11.1 Å². The molecule has 1 saturated heterocycles. The number of nitrogens with one attached hydrogen (secondary N) is 2. The van der Waals surface area contributed by atoms with Crippen LogP contribution in [0.5, 0.6) is 0 Å². The number of aromatic amines is 1. The molecule has 1 fully saturated rings. The number of H-pyrrole nitrogens is 1. The van der Waals surface area contributed by atoms with Crippen LogP contribution in [0.4, 0.5) is 11.5 Å². The summed E-state index contributed by atoms with van der Waals surface area (Å²) in [5.74, 6) is 0.0403. The smallest absolute Gasteiger partial charge is 0.250 e. The summed E-state index contributed by atoms with van der Waals surface area (Å²) >= 11 is 0. The number of aromatic nitrogens is 3. The van der Waals surface area contributed by atoms with Crippen molar-refractivity contribution in [1.82, 2.24) is 19.9 Å². The largest absolute Gasteiger partial charge is 0.383 e. The normalized spacial score (nSPS) is 19.4. The summed E-state index contributed by atoms with van der Waals surface area (Å²) in [4.78, 5) is 39.0. The molecule has 0 bridgehead atoms. The standard InChI is InChI=1S/C28H32N6O2/c1-16(2)27(35)32-20-10-11-21(17(3)14-20)24-22(23-25(29)30-15-31-26(23)33-24)18-6-8-19(9-7-18)28(36)34-12-4-5-13-34/h6,10-11,14-15,19H,1,4-5,7-9,12-13H2,2-3H3,(H,32,35)(H3,29,30,31,33)/t19-/m0/s1/i3D3. The van der Waals surface area contributed by atoms with Gasteiger partial charge in [-0.05, 0) is 69.1 Å². The first kappa shape index (κ1) is 20.3. The van der Waals surface area contributed by atoms with Crippen LogP contribution in [0.2, 0.25) is 0 Å². The Morgan fingerprint density at radius 1 is 1.28 bits per heavy atom. The molecule has 2 amide bonds. The van der Waals surface area contributed by atoms with Gasteiger partial charge in [-0.15, -0.1) is 0 Å². The minimum absolute atomic E-state index is 0.0664. The Morgan fingerprint density at radius 2 is 2.08 bits per heavy atom. The van der Waals surface area contributed by atoms with E-state index < -0.39 is 6.85 Å². The van der Waals surface area contributed by atoms with E-state index in [4.69, 9.17) is 9.85 Å². The number of aryl methyl sites for hydroxylation is 1. The van der Waals surface area contributed by atoms with Gasteiger partial charge in [0, 0.05) is 45.5 Å². The lowest BCUT2D eigenvalue weighted by molar-refractivity contribution is -0.134. The second kappa shape index (κ2) is 9.60. The maximum Gasteiger partial charge on any atom is 0.250 e. The number of anilines is 2. The number of amides is 2. The minimum Gasteiger partial charge on any atom is -0.383 e. The maximum absolute atomic E-state index is 13.0. The number of nitrogens with zero attached hydrogens (tertiary/aromatic N) is 3. The number of benzene rings is 1. The number of hydrogen-bond acceptors (Lipinski definition) is 5. The van der Waals surface area contributed by atoms with Gasteiger partial charge in [0.1, 0.15) is 17.8 Å². The summed E-state index contributed by atoms with van der Waals surface area (Å²) in [7, 11) is 0. The number of rotatable bonds is 5. The van der Waals surface area contributed by atoms with Crippen LogP contribution in [0.1, 0.15) is 54.3 Å². The molecule has 3 aromatic rings. The Bertz CT molecular complexity index is 1500. The second-order valence-corrected chi connectivity index (χ2v) is 9.59. The number of carbonyl (C=O) groups excluding carboxylic acids is 2. The van der Waals surface area contributed by atoms with Gasteiger partial charge in [-0.25, -0.2) is 9.97 Å². The van der Waals surface area contributed by atoms with Crippen LogP contribution in [0.3, 0.4) is 0 Å². The first-order chi connectivity index (χ1) is 18.5. The number of fused-ring (bicyclic) bond motifs is 1. The molecule has 0 saturated carbocycles. The van der Waals surface area contributed by atoms with E-state index in [1.54, 1.807) is 19.1 Å². The molecule has 0 spiro atoms. The van der Waals surface area contributed by atoms with Crippen molar-refractivity contribution < 1.29 is 13.7 Å². The molecular weight excluding hydrogens is 452 g/mol. The predicted octanol–water partition coefficient (Wildman–Crippen LogP) is 4.84. The third-order valence-corrected chi connectivity index (χ3v) is 7.05. The molecule has 5 rings (SSSR count). The quantitative estimate of drug-likeness (QED) is 0.445. The summed E-state index contributed by atoms with van der Waals surface area (Å²) in [6.45, 7) is 4.40. The molecule has 3 heterocycles. The van der Waals surface area contributed by atoms with Gasteiger partial charge >= 0.3 is 0 Å². The van der Waals surface area contributed by atoms with Gasteiger partial charge in [0.25, 0.3) is 5.91 Å². The average Bonchev–Trinajstić information content (AvgIpc) is 3.57. The molecule has 0 unspecified atom stereocenters. The van der Waals surface area contributed by atoms with Crippen LogP contribution in [0.15, 0.2) is 42.8 Å². The molecule has 2 aromatic heterocycles. The Morgan fingerprint density at radius 3 is 2.78 bits per heavy atom. The topological polar surface area (TPSA) is 117 Å². The first-order valence-corrected chi connectivity index (χ1v) is 12.3. The minimum atomic E-state index is -2.47. The summed E-state index contributed by atoms with van der Waals surface area (Å²) in [6, 6.07) is 4.81. The molecule has 186 valence electrons. The van der Waals surface area contributed by atoms with E-state index in [1.807, 2.05) is 4.90 Å². The van der Waals surface area contributed by atoms with Gasteiger partial charge in [0.05, 0.1) is 11.1 Å². The van der Waals surface area contributed by atoms with Crippen molar-refractivity contribution in [1.29, 1.82) is 0 Å². The monoisotopic (exact) mass is 487 g/mol. The summed E-state index contributed by atoms with van der Waals surface area (Å²) < 4.78 is 24.8. The van der Waals surface area contributed by atoms with Crippen molar-refractivity contribution in [2.75, 3.05) is 24.1 Å². The molecule has 2 aliphatic rings. The van der Waals surface area contributed by atoms with Crippen LogP contribution in [-0.4, -0.2) is 44.8 Å².